The third-order valence-electron chi connectivity index (χ3n) is 4.02. The van der Waals surface area contributed by atoms with Gasteiger partial charge in [0.15, 0.2) is 0 Å². The van der Waals surface area contributed by atoms with Gasteiger partial charge in [-0.3, -0.25) is 4.90 Å². The molecule has 1 saturated heterocycles. The quantitative estimate of drug-likeness (QED) is 0.817. The minimum atomic E-state index is -3.43. The van der Waals surface area contributed by atoms with Gasteiger partial charge in [-0.2, -0.15) is 4.31 Å². The minimum absolute atomic E-state index is 0.300. The van der Waals surface area contributed by atoms with E-state index in [1.54, 1.807) is 41.1 Å². The number of halogens is 1. The molecule has 0 amide bonds. The van der Waals surface area contributed by atoms with Crippen LogP contribution in [0.25, 0.3) is 0 Å². The van der Waals surface area contributed by atoms with Crippen molar-refractivity contribution in [1.29, 1.82) is 0 Å². The molecular weight excluding hydrogens is 336 g/mol. The molecule has 1 aromatic carbocycles. The number of rotatable bonds is 5. The molecule has 0 atom stereocenters. The van der Waals surface area contributed by atoms with Crippen molar-refractivity contribution in [2.45, 2.75) is 11.4 Å². The molecule has 0 aliphatic carbocycles. The van der Waals surface area contributed by atoms with Crippen molar-refractivity contribution in [2.75, 3.05) is 32.7 Å². The van der Waals surface area contributed by atoms with E-state index >= 15 is 0 Å². The standard InChI is InChI=1S/C15H19ClN4O2S/c16-14-1-3-15(4-2-14)23(21,22)20-11-9-18(10-12-20)7-8-19-6-5-17-13-19/h1-6,13H,7-12H2. The monoisotopic (exact) mass is 354 g/mol. The smallest absolute Gasteiger partial charge is 0.243 e. The number of piperazine rings is 1. The van der Waals surface area contributed by atoms with Crippen molar-refractivity contribution in [1.82, 2.24) is 18.8 Å². The summed E-state index contributed by atoms with van der Waals surface area (Å²) in [7, 11) is -3.43. The van der Waals surface area contributed by atoms with Gasteiger partial charge in [-0.15, -0.1) is 0 Å². The summed E-state index contributed by atoms with van der Waals surface area (Å²) in [6, 6.07) is 6.33. The number of hydrogen-bond acceptors (Lipinski definition) is 4. The topological polar surface area (TPSA) is 58.4 Å². The van der Waals surface area contributed by atoms with E-state index in [1.807, 2.05) is 10.8 Å². The molecule has 1 fully saturated rings. The predicted octanol–water partition coefficient (Wildman–Crippen LogP) is 1.54. The second kappa shape index (κ2) is 7.00. The van der Waals surface area contributed by atoms with Crippen LogP contribution < -0.4 is 0 Å². The molecule has 1 aliphatic heterocycles. The highest BCUT2D eigenvalue weighted by Crippen LogP contribution is 2.19. The maximum absolute atomic E-state index is 12.6. The molecule has 124 valence electrons. The fourth-order valence-corrected chi connectivity index (χ4v) is 4.17. The fourth-order valence-electron chi connectivity index (χ4n) is 2.63. The SMILES string of the molecule is O=S(=O)(c1ccc(Cl)cc1)N1CCN(CCn2ccnc2)CC1. The van der Waals surface area contributed by atoms with Crippen molar-refractivity contribution in [3.05, 3.63) is 48.0 Å². The summed E-state index contributed by atoms with van der Waals surface area (Å²) in [6.07, 6.45) is 5.49. The maximum atomic E-state index is 12.6. The van der Waals surface area contributed by atoms with Crippen LogP contribution in [0.4, 0.5) is 0 Å². The lowest BCUT2D eigenvalue weighted by molar-refractivity contribution is 0.183. The largest absolute Gasteiger partial charge is 0.336 e. The third kappa shape index (κ3) is 3.92. The Labute approximate surface area is 141 Å². The average molecular weight is 355 g/mol. The van der Waals surface area contributed by atoms with Crippen molar-refractivity contribution in [2.24, 2.45) is 0 Å². The molecule has 0 spiro atoms. The first kappa shape index (κ1) is 16.4. The summed E-state index contributed by atoms with van der Waals surface area (Å²) >= 11 is 5.82. The van der Waals surface area contributed by atoms with Crippen LogP contribution >= 0.6 is 11.6 Å². The second-order valence-electron chi connectivity index (χ2n) is 5.50. The van der Waals surface area contributed by atoms with Gasteiger partial charge in [-0.1, -0.05) is 11.6 Å². The highest BCUT2D eigenvalue weighted by molar-refractivity contribution is 7.89. The molecular formula is C15H19ClN4O2S. The van der Waals surface area contributed by atoms with Gasteiger partial charge in [0.2, 0.25) is 10.0 Å². The van der Waals surface area contributed by atoms with Gasteiger partial charge >= 0.3 is 0 Å². The first-order chi connectivity index (χ1) is 11.1. The van der Waals surface area contributed by atoms with E-state index in [-0.39, 0.29) is 0 Å². The van der Waals surface area contributed by atoms with E-state index in [2.05, 4.69) is 9.88 Å². The Morgan fingerprint density at radius 1 is 1.04 bits per heavy atom. The first-order valence-electron chi connectivity index (χ1n) is 7.49. The summed E-state index contributed by atoms with van der Waals surface area (Å²) in [4.78, 5) is 6.59. The van der Waals surface area contributed by atoms with Crippen molar-refractivity contribution < 1.29 is 8.42 Å². The molecule has 3 rings (SSSR count). The number of imidazole rings is 1. The van der Waals surface area contributed by atoms with Crippen LogP contribution in [0.2, 0.25) is 5.02 Å². The molecule has 2 heterocycles. The van der Waals surface area contributed by atoms with Gasteiger partial charge in [0.05, 0.1) is 11.2 Å². The normalized spacial score (nSPS) is 17.4. The van der Waals surface area contributed by atoms with Crippen molar-refractivity contribution in [3.63, 3.8) is 0 Å². The van der Waals surface area contributed by atoms with Gasteiger partial charge in [-0.25, -0.2) is 13.4 Å². The summed E-state index contributed by atoms with van der Waals surface area (Å²) < 4.78 is 28.8. The van der Waals surface area contributed by atoms with Crippen molar-refractivity contribution >= 4 is 21.6 Å². The molecule has 23 heavy (non-hydrogen) atoms. The zero-order valence-electron chi connectivity index (χ0n) is 12.7. The van der Waals surface area contributed by atoms with Crippen LogP contribution in [-0.4, -0.2) is 59.9 Å². The molecule has 0 saturated carbocycles. The van der Waals surface area contributed by atoms with Crippen LogP contribution in [0.15, 0.2) is 47.9 Å². The van der Waals surface area contributed by atoms with Gasteiger partial charge in [0, 0.05) is 56.7 Å². The summed E-state index contributed by atoms with van der Waals surface area (Å²) in [6.45, 7) is 4.25. The number of benzene rings is 1. The lowest BCUT2D eigenvalue weighted by atomic mass is 10.3. The highest BCUT2D eigenvalue weighted by Gasteiger charge is 2.28. The van der Waals surface area contributed by atoms with E-state index in [1.165, 1.54) is 0 Å². The second-order valence-corrected chi connectivity index (χ2v) is 7.87. The Kier molecular flexibility index (Phi) is 5.01. The van der Waals surface area contributed by atoms with Crippen LogP contribution in [0.1, 0.15) is 0 Å². The minimum Gasteiger partial charge on any atom is -0.336 e. The van der Waals surface area contributed by atoms with E-state index in [0.29, 0.717) is 23.0 Å². The molecule has 0 bridgehead atoms. The molecule has 0 radical (unpaired) electrons. The molecule has 6 nitrogen and oxygen atoms in total. The average Bonchev–Trinajstić information content (AvgIpc) is 3.07. The van der Waals surface area contributed by atoms with Gasteiger partial charge in [-0.05, 0) is 24.3 Å². The van der Waals surface area contributed by atoms with E-state index in [4.69, 9.17) is 11.6 Å². The van der Waals surface area contributed by atoms with E-state index in [9.17, 15) is 8.42 Å². The Hall–Kier alpha value is -1.41. The van der Waals surface area contributed by atoms with E-state index in [0.717, 1.165) is 26.2 Å². The maximum Gasteiger partial charge on any atom is 0.243 e. The third-order valence-corrected chi connectivity index (χ3v) is 6.18. The Balaban J connectivity index is 1.56. The Morgan fingerprint density at radius 3 is 2.35 bits per heavy atom. The van der Waals surface area contributed by atoms with Gasteiger partial charge < -0.3 is 4.57 Å². The summed E-state index contributed by atoms with van der Waals surface area (Å²) in [5.74, 6) is 0. The zero-order valence-corrected chi connectivity index (χ0v) is 14.2. The number of aromatic nitrogens is 2. The van der Waals surface area contributed by atoms with Crippen molar-refractivity contribution in [3.8, 4) is 0 Å². The Bertz CT molecular complexity index is 723. The van der Waals surface area contributed by atoms with Gasteiger partial charge in [0.1, 0.15) is 0 Å². The zero-order chi connectivity index (χ0) is 16.3. The van der Waals surface area contributed by atoms with E-state index < -0.39 is 10.0 Å². The molecule has 2 aromatic rings. The van der Waals surface area contributed by atoms with Crippen LogP contribution in [0, 0.1) is 0 Å². The van der Waals surface area contributed by atoms with Gasteiger partial charge in [0.25, 0.3) is 0 Å². The predicted molar refractivity (Wildman–Crippen MR) is 88.9 cm³/mol. The lowest BCUT2D eigenvalue weighted by Crippen LogP contribution is -2.49. The number of hydrogen-bond donors (Lipinski definition) is 0. The number of sulfonamides is 1. The molecule has 1 aromatic heterocycles. The number of nitrogens with zero attached hydrogens (tertiary/aromatic N) is 4. The Morgan fingerprint density at radius 2 is 1.74 bits per heavy atom. The summed E-state index contributed by atoms with van der Waals surface area (Å²) in [5, 5.41) is 0.535. The highest BCUT2D eigenvalue weighted by atomic mass is 35.5. The van der Waals surface area contributed by atoms with Crippen LogP contribution in [-0.2, 0) is 16.6 Å². The molecule has 8 heteroatoms. The summed E-state index contributed by atoms with van der Waals surface area (Å²) in [5.41, 5.74) is 0. The lowest BCUT2D eigenvalue weighted by Gasteiger charge is -2.34. The molecule has 1 aliphatic rings. The first-order valence-corrected chi connectivity index (χ1v) is 9.31. The van der Waals surface area contributed by atoms with Crippen LogP contribution in [0.3, 0.4) is 0 Å². The molecule has 0 unspecified atom stereocenters. The van der Waals surface area contributed by atoms with Crippen LogP contribution in [0.5, 0.6) is 0 Å². The molecule has 0 N–H and O–H groups in total. The fraction of sp³-hybridized carbons (Fsp3) is 0.400.